The highest BCUT2D eigenvalue weighted by atomic mass is 16.5. The highest BCUT2D eigenvalue weighted by Gasteiger charge is 2.08. The smallest absolute Gasteiger partial charge is 0.414 e. The van der Waals surface area contributed by atoms with E-state index in [-0.39, 0.29) is 12.6 Å². The molecule has 7 nitrogen and oxygen atoms in total. The molecule has 1 N–H and O–H groups in total. The molecule has 0 radical (unpaired) electrons. The molecule has 2 aromatic carbocycles. The van der Waals surface area contributed by atoms with Crippen LogP contribution in [0.1, 0.15) is 16.7 Å². The van der Waals surface area contributed by atoms with Gasteiger partial charge in [-0.15, -0.1) is 5.10 Å². The van der Waals surface area contributed by atoms with Gasteiger partial charge in [-0.25, -0.2) is 14.5 Å². The van der Waals surface area contributed by atoms with Crippen LogP contribution in [0, 0.1) is 11.3 Å². The molecule has 0 fully saturated rings. The average molecular weight is 333 g/mol. The molecule has 1 heterocycles. The molecule has 0 saturated carbocycles. The Bertz CT molecular complexity index is 882. The maximum Gasteiger partial charge on any atom is 0.414 e. The molecule has 3 rings (SSSR count). The first kappa shape index (κ1) is 16.2. The van der Waals surface area contributed by atoms with Gasteiger partial charge in [-0.3, -0.25) is 5.32 Å². The van der Waals surface area contributed by atoms with Crippen molar-refractivity contribution in [1.29, 1.82) is 5.26 Å². The van der Waals surface area contributed by atoms with Crippen LogP contribution in [0.2, 0.25) is 0 Å². The van der Waals surface area contributed by atoms with Crippen molar-refractivity contribution in [3.8, 4) is 6.07 Å². The van der Waals surface area contributed by atoms with E-state index in [4.69, 9.17) is 10.00 Å². The zero-order valence-corrected chi connectivity index (χ0v) is 13.3. The minimum atomic E-state index is -0.611. The first-order valence-corrected chi connectivity index (χ1v) is 7.59. The van der Waals surface area contributed by atoms with Gasteiger partial charge in [0.15, 0.2) is 0 Å². The highest BCUT2D eigenvalue weighted by Crippen LogP contribution is 2.07. The Kier molecular flexibility index (Phi) is 5.02. The van der Waals surface area contributed by atoms with Crippen molar-refractivity contribution in [3.05, 3.63) is 77.6 Å². The third-order valence-electron chi connectivity index (χ3n) is 3.39. The van der Waals surface area contributed by atoms with Crippen LogP contribution in [0.5, 0.6) is 0 Å². The van der Waals surface area contributed by atoms with Crippen molar-refractivity contribution in [3.63, 3.8) is 0 Å². The maximum atomic E-state index is 11.8. The molecule has 0 aliphatic carbocycles. The van der Waals surface area contributed by atoms with E-state index >= 15 is 0 Å². The van der Waals surface area contributed by atoms with Crippen molar-refractivity contribution >= 4 is 12.0 Å². The van der Waals surface area contributed by atoms with Crippen molar-refractivity contribution < 1.29 is 9.53 Å². The van der Waals surface area contributed by atoms with Crippen molar-refractivity contribution in [2.24, 2.45) is 0 Å². The Balaban J connectivity index is 1.52. The monoisotopic (exact) mass is 333 g/mol. The van der Waals surface area contributed by atoms with Crippen LogP contribution in [0.15, 0.2) is 60.9 Å². The summed E-state index contributed by atoms with van der Waals surface area (Å²) < 4.78 is 6.71. The van der Waals surface area contributed by atoms with Crippen LogP contribution in [0.3, 0.4) is 0 Å². The molecule has 3 aromatic rings. The number of nitrogens with zero attached hydrogens (tertiary/aromatic N) is 4. The molecule has 1 aromatic heterocycles. The number of nitrogens with one attached hydrogen (secondary N) is 1. The van der Waals surface area contributed by atoms with E-state index in [0.717, 1.165) is 11.1 Å². The molecular weight excluding hydrogens is 318 g/mol. The van der Waals surface area contributed by atoms with E-state index in [2.05, 4.69) is 21.5 Å². The predicted octanol–water partition coefficient (Wildman–Crippen LogP) is 2.95. The predicted molar refractivity (Wildman–Crippen MR) is 90.5 cm³/mol. The van der Waals surface area contributed by atoms with Crippen molar-refractivity contribution in [2.45, 2.75) is 13.2 Å². The SMILES string of the molecule is N#Cc1ccc(Cn2cnc(NC(=O)OCc3ccccc3)n2)cc1. The van der Waals surface area contributed by atoms with Gasteiger partial charge in [0.05, 0.1) is 18.2 Å². The summed E-state index contributed by atoms with van der Waals surface area (Å²) in [5.41, 5.74) is 2.48. The van der Waals surface area contributed by atoms with E-state index in [0.29, 0.717) is 12.1 Å². The average Bonchev–Trinajstić information content (AvgIpc) is 3.08. The summed E-state index contributed by atoms with van der Waals surface area (Å²) in [4.78, 5) is 15.8. The molecule has 0 unspecified atom stereocenters. The molecule has 1 amide bonds. The molecule has 0 atom stereocenters. The number of carbonyl (C=O) groups is 1. The summed E-state index contributed by atoms with van der Waals surface area (Å²) in [6, 6.07) is 18.7. The molecule has 25 heavy (non-hydrogen) atoms. The van der Waals surface area contributed by atoms with Gasteiger partial charge in [0.25, 0.3) is 5.95 Å². The zero-order valence-electron chi connectivity index (χ0n) is 13.3. The number of anilines is 1. The van der Waals surface area contributed by atoms with E-state index in [1.165, 1.54) is 6.33 Å². The third kappa shape index (κ3) is 4.65. The first-order valence-electron chi connectivity index (χ1n) is 7.59. The molecule has 7 heteroatoms. The Morgan fingerprint density at radius 2 is 1.88 bits per heavy atom. The Morgan fingerprint density at radius 1 is 1.12 bits per heavy atom. The number of rotatable bonds is 5. The standard InChI is InChI=1S/C18H15N5O2/c19-10-14-6-8-15(9-7-14)11-23-13-20-17(22-23)21-18(24)25-12-16-4-2-1-3-5-16/h1-9,13H,11-12H2,(H,21,22,24). The van der Waals surface area contributed by atoms with E-state index < -0.39 is 6.09 Å². The van der Waals surface area contributed by atoms with Gasteiger partial charge < -0.3 is 4.74 Å². The summed E-state index contributed by atoms with van der Waals surface area (Å²) in [5, 5.41) is 15.5. The molecule has 0 saturated heterocycles. The number of aromatic nitrogens is 3. The summed E-state index contributed by atoms with van der Waals surface area (Å²) in [6.07, 6.45) is 0.908. The fraction of sp³-hybridized carbons (Fsp3) is 0.111. The van der Waals surface area contributed by atoms with Crippen LogP contribution in [-0.2, 0) is 17.9 Å². The Morgan fingerprint density at radius 3 is 2.60 bits per heavy atom. The number of nitriles is 1. The lowest BCUT2D eigenvalue weighted by atomic mass is 10.1. The van der Waals surface area contributed by atoms with Crippen LogP contribution in [0.4, 0.5) is 10.7 Å². The Labute approximate surface area is 144 Å². The second kappa shape index (κ2) is 7.75. The van der Waals surface area contributed by atoms with Crippen LogP contribution in [0.25, 0.3) is 0 Å². The first-order chi connectivity index (χ1) is 12.2. The van der Waals surface area contributed by atoms with E-state index in [1.807, 2.05) is 42.5 Å². The normalized spacial score (nSPS) is 10.0. The number of benzene rings is 2. The Hall–Kier alpha value is -3.66. The summed E-state index contributed by atoms with van der Waals surface area (Å²) in [6.45, 7) is 0.665. The molecule has 0 bridgehead atoms. The number of ether oxygens (including phenoxy) is 1. The summed E-state index contributed by atoms with van der Waals surface area (Å²) in [5.74, 6) is 0.173. The highest BCUT2D eigenvalue weighted by molar-refractivity contribution is 5.82. The lowest BCUT2D eigenvalue weighted by molar-refractivity contribution is 0.155. The van der Waals surface area contributed by atoms with Crippen LogP contribution in [-0.4, -0.2) is 20.9 Å². The quantitative estimate of drug-likeness (QED) is 0.775. The van der Waals surface area contributed by atoms with Crippen LogP contribution < -0.4 is 5.32 Å². The number of hydrogen-bond donors (Lipinski definition) is 1. The molecule has 0 aliphatic rings. The molecule has 124 valence electrons. The van der Waals surface area contributed by atoms with Gasteiger partial charge in [-0.1, -0.05) is 42.5 Å². The van der Waals surface area contributed by atoms with E-state index in [1.54, 1.807) is 16.8 Å². The summed E-state index contributed by atoms with van der Waals surface area (Å²) >= 11 is 0. The maximum absolute atomic E-state index is 11.8. The number of amides is 1. The lowest BCUT2D eigenvalue weighted by Gasteiger charge is -2.04. The lowest BCUT2D eigenvalue weighted by Crippen LogP contribution is -2.15. The number of hydrogen-bond acceptors (Lipinski definition) is 5. The molecule has 0 aliphatic heterocycles. The van der Waals surface area contributed by atoms with Gasteiger partial charge in [0.1, 0.15) is 12.9 Å². The fourth-order valence-electron chi connectivity index (χ4n) is 2.15. The van der Waals surface area contributed by atoms with Gasteiger partial charge in [-0.05, 0) is 23.3 Å². The van der Waals surface area contributed by atoms with Gasteiger partial charge >= 0.3 is 6.09 Å². The van der Waals surface area contributed by atoms with Gasteiger partial charge in [0, 0.05) is 0 Å². The summed E-state index contributed by atoms with van der Waals surface area (Å²) in [7, 11) is 0. The topological polar surface area (TPSA) is 92.8 Å². The zero-order chi connectivity index (χ0) is 17.5. The molecule has 0 spiro atoms. The van der Waals surface area contributed by atoms with Crippen LogP contribution >= 0.6 is 0 Å². The number of carbonyl (C=O) groups excluding carboxylic acids is 1. The van der Waals surface area contributed by atoms with Crippen molar-refractivity contribution in [2.75, 3.05) is 5.32 Å². The van der Waals surface area contributed by atoms with Gasteiger partial charge in [0.2, 0.25) is 0 Å². The largest absolute Gasteiger partial charge is 0.444 e. The van der Waals surface area contributed by atoms with Crippen molar-refractivity contribution in [1.82, 2.24) is 14.8 Å². The van der Waals surface area contributed by atoms with E-state index in [9.17, 15) is 4.79 Å². The molecular formula is C18H15N5O2. The minimum absolute atomic E-state index is 0.173. The second-order valence-electron chi connectivity index (χ2n) is 5.26. The van der Waals surface area contributed by atoms with Gasteiger partial charge in [-0.2, -0.15) is 5.26 Å². The minimum Gasteiger partial charge on any atom is -0.444 e. The second-order valence-corrected chi connectivity index (χ2v) is 5.26. The third-order valence-corrected chi connectivity index (χ3v) is 3.39. The fourth-order valence-corrected chi connectivity index (χ4v) is 2.15.